The molecule has 1 aromatic rings. The molecule has 1 aromatic carbocycles. The van der Waals surface area contributed by atoms with Gasteiger partial charge in [-0.25, -0.2) is 0 Å². The molecule has 1 fully saturated rings. The summed E-state index contributed by atoms with van der Waals surface area (Å²) in [6, 6.07) is 8.83. The first-order chi connectivity index (χ1) is 6.90. The second-order valence-corrected chi connectivity index (χ2v) is 4.11. The molecule has 0 aliphatic carbocycles. The molecule has 0 bridgehead atoms. The maximum Gasteiger partial charge on any atom is 0.0236 e. The van der Waals surface area contributed by atoms with E-state index in [1.165, 1.54) is 37.1 Å². The Morgan fingerprint density at radius 1 is 1.07 bits per heavy atom. The fraction of sp³-hybridized carbons (Fsp3) is 0.538. The van der Waals surface area contributed by atoms with Crippen molar-refractivity contribution in [3.05, 3.63) is 35.4 Å². The number of hydrogen-bond acceptors (Lipinski definition) is 1. The largest absolute Gasteiger partial charge is 0.299 e. The Bertz CT molecular complexity index is 287. The third-order valence-electron chi connectivity index (χ3n) is 3.09. The SMILES string of the molecule is CCc1ccccc1CN1CCCC1. The highest BCUT2D eigenvalue weighted by Gasteiger charge is 2.12. The Kier molecular flexibility index (Phi) is 3.20. The molecule has 0 atom stereocenters. The summed E-state index contributed by atoms with van der Waals surface area (Å²) in [6.07, 6.45) is 3.92. The van der Waals surface area contributed by atoms with Crippen molar-refractivity contribution in [2.75, 3.05) is 13.1 Å². The Balaban J connectivity index is 2.07. The zero-order valence-electron chi connectivity index (χ0n) is 9.00. The van der Waals surface area contributed by atoms with E-state index in [9.17, 15) is 0 Å². The van der Waals surface area contributed by atoms with Crippen LogP contribution in [0.4, 0.5) is 0 Å². The lowest BCUT2D eigenvalue weighted by molar-refractivity contribution is 0.330. The first-order valence-corrected chi connectivity index (χ1v) is 5.69. The molecule has 1 heteroatoms. The van der Waals surface area contributed by atoms with Crippen molar-refractivity contribution >= 4 is 0 Å². The number of rotatable bonds is 3. The number of benzene rings is 1. The minimum absolute atomic E-state index is 1.16. The Labute approximate surface area is 86.7 Å². The molecule has 0 spiro atoms. The topological polar surface area (TPSA) is 3.24 Å². The van der Waals surface area contributed by atoms with E-state index in [-0.39, 0.29) is 0 Å². The van der Waals surface area contributed by atoms with Crippen LogP contribution in [0.2, 0.25) is 0 Å². The van der Waals surface area contributed by atoms with Gasteiger partial charge in [-0.3, -0.25) is 4.90 Å². The summed E-state index contributed by atoms with van der Waals surface area (Å²) in [5.74, 6) is 0. The van der Waals surface area contributed by atoms with E-state index in [0.29, 0.717) is 0 Å². The number of hydrogen-bond donors (Lipinski definition) is 0. The van der Waals surface area contributed by atoms with Gasteiger partial charge in [0.25, 0.3) is 0 Å². The minimum Gasteiger partial charge on any atom is -0.299 e. The summed E-state index contributed by atoms with van der Waals surface area (Å²) >= 11 is 0. The number of nitrogens with zero attached hydrogens (tertiary/aromatic N) is 1. The van der Waals surface area contributed by atoms with E-state index in [2.05, 4.69) is 36.1 Å². The van der Waals surface area contributed by atoms with Crippen LogP contribution in [0.3, 0.4) is 0 Å². The lowest BCUT2D eigenvalue weighted by atomic mass is 10.1. The molecule has 0 radical (unpaired) electrons. The van der Waals surface area contributed by atoms with Crippen molar-refractivity contribution in [2.24, 2.45) is 0 Å². The first kappa shape index (κ1) is 9.72. The summed E-state index contributed by atoms with van der Waals surface area (Å²) in [6.45, 7) is 5.98. The highest BCUT2D eigenvalue weighted by Crippen LogP contribution is 2.16. The van der Waals surface area contributed by atoms with Crippen LogP contribution in [0.15, 0.2) is 24.3 Å². The van der Waals surface area contributed by atoms with Gasteiger partial charge in [-0.2, -0.15) is 0 Å². The summed E-state index contributed by atoms with van der Waals surface area (Å²) < 4.78 is 0. The normalized spacial score (nSPS) is 17.5. The molecule has 0 unspecified atom stereocenters. The summed E-state index contributed by atoms with van der Waals surface area (Å²) in [5.41, 5.74) is 3.04. The lowest BCUT2D eigenvalue weighted by Crippen LogP contribution is -2.19. The molecule has 76 valence electrons. The van der Waals surface area contributed by atoms with Crippen LogP contribution in [0.25, 0.3) is 0 Å². The van der Waals surface area contributed by atoms with Crippen LogP contribution in [-0.4, -0.2) is 18.0 Å². The molecule has 14 heavy (non-hydrogen) atoms. The van der Waals surface area contributed by atoms with Crippen molar-refractivity contribution in [2.45, 2.75) is 32.7 Å². The standard InChI is InChI=1S/C13H19N/c1-2-12-7-3-4-8-13(12)11-14-9-5-6-10-14/h3-4,7-8H,2,5-6,9-11H2,1H3. The van der Waals surface area contributed by atoms with Crippen molar-refractivity contribution in [3.8, 4) is 0 Å². The molecule has 2 rings (SSSR count). The predicted molar refractivity (Wildman–Crippen MR) is 60.3 cm³/mol. The van der Waals surface area contributed by atoms with Gasteiger partial charge in [0.2, 0.25) is 0 Å². The van der Waals surface area contributed by atoms with E-state index in [4.69, 9.17) is 0 Å². The highest BCUT2D eigenvalue weighted by molar-refractivity contribution is 5.26. The molecule has 1 saturated heterocycles. The van der Waals surface area contributed by atoms with E-state index in [0.717, 1.165) is 13.0 Å². The third-order valence-corrected chi connectivity index (χ3v) is 3.09. The monoisotopic (exact) mass is 189 g/mol. The van der Waals surface area contributed by atoms with Crippen LogP contribution in [0.5, 0.6) is 0 Å². The van der Waals surface area contributed by atoms with E-state index >= 15 is 0 Å². The van der Waals surface area contributed by atoms with E-state index in [1.807, 2.05) is 0 Å². The molecule has 1 aliphatic rings. The second-order valence-electron chi connectivity index (χ2n) is 4.11. The van der Waals surface area contributed by atoms with Crippen molar-refractivity contribution < 1.29 is 0 Å². The Morgan fingerprint density at radius 2 is 1.71 bits per heavy atom. The van der Waals surface area contributed by atoms with Gasteiger partial charge < -0.3 is 0 Å². The molecule has 0 saturated carbocycles. The van der Waals surface area contributed by atoms with Gasteiger partial charge in [0.15, 0.2) is 0 Å². The molecule has 1 heterocycles. The molecular formula is C13H19N. The Morgan fingerprint density at radius 3 is 2.36 bits per heavy atom. The minimum atomic E-state index is 1.16. The molecule has 1 aliphatic heterocycles. The average molecular weight is 189 g/mol. The maximum absolute atomic E-state index is 2.56. The van der Waals surface area contributed by atoms with Crippen LogP contribution in [0, 0.1) is 0 Å². The number of aryl methyl sites for hydroxylation is 1. The highest BCUT2D eigenvalue weighted by atomic mass is 15.1. The fourth-order valence-electron chi connectivity index (χ4n) is 2.24. The van der Waals surface area contributed by atoms with Crippen LogP contribution < -0.4 is 0 Å². The van der Waals surface area contributed by atoms with Gasteiger partial charge in [0, 0.05) is 6.54 Å². The van der Waals surface area contributed by atoms with Gasteiger partial charge in [-0.15, -0.1) is 0 Å². The summed E-state index contributed by atoms with van der Waals surface area (Å²) in [5, 5.41) is 0. The predicted octanol–water partition coefficient (Wildman–Crippen LogP) is 2.84. The van der Waals surface area contributed by atoms with Crippen molar-refractivity contribution in [1.29, 1.82) is 0 Å². The molecule has 0 amide bonds. The maximum atomic E-state index is 2.56. The van der Waals surface area contributed by atoms with Crippen molar-refractivity contribution in [1.82, 2.24) is 4.90 Å². The quantitative estimate of drug-likeness (QED) is 0.706. The van der Waals surface area contributed by atoms with Crippen LogP contribution >= 0.6 is 0 Å². The van der Waals surface area contributed by atoms with Gasteiger partial charge >= 0.3 is 0 Å². The van der Waals surface area contributed by atoms with Crippen LogP contribution in [-0.2, 0) is 13.0 Å². The lowest BCUT2D eigenvalue weighted by Gasteiger charge is -2.16. The molecular weight excluding hydrogens is 170 g/mol. The van der Waals surface area contributed by atoms with E-state index < -0.39 is 0 Å². The van der Waals surface area contributed by atoms with Crippen LogP contribution in [0.1, 0.15) is 30.9 Å². The fourth-order valence-corrected chi connectivity index (χ4v) is 2.24. The molecule has 0 aromatic heterocycles. The van der Waals surface area contributed by atoms with Gasteiger partial charge in [0.05, 0.1) is 0 Å². The van der Waals surface area contributed by atoms with Gasteiger partial charge in [0.1, 0.15) is 0 Å². The second kappa shape index (κ2) is 4.61. The molecule has 1 nitrogen and oxygen atoms in total. The zero-order valence-corrected chi connectivity index (χ0v) is 9.00. The number of likely N-dealkylation sites (tertiary alicyclic amines) is 1. The van der Waals surface area contributed by atoms with Gasteiger partial charge in [-0.05, 0) is 43.5 Å². The van der Waals surface area contributed by atoms with Crippen molar-refractivity contribution in [3.63, 3.8) is 0 Å². The van der Waals surface area contributed by atoms with Gasteiger partial charge in [-0.1, -0.05) is 31.2 Å². The summed E-state index contributed by atoms with van der Waals surface area (Å²) in [4.78, 5) is 2.56. The first-order valence-electron chi connectivity index (χ1n) is 5.69. The smallest absolute Gasteiger partial charge is 0.0236 e. The molecule has 0 N–H and O–H groups in total. The average Bonchev–Trinajstić information content (AvgIpc) is 2.71. The Hall–Kier alpha value is -0.820. The van der Waals surface area contributed by atoms with E-state index in [1.54, 1.807) is 0 Å². The summed E-state index contributed by atoms with van der Waals surface area (Å²) in [7, 11) is 0. The zero-order chi connectivity index (χ0) is 9.80. The third kappa shape index (κ3) is 2.16.